The highest BCUT2D eigenvalue weighted by molar-refractivity contribution is 5.92. The van der Waals surface area contributed by atoms with Crippen LogP contribution < -0.4 is 0 Å². The molecule has 104 valence electrons. The normalized spacial score (nSPS) is 15.3. The van der Waals surface area contributed by atoms with E-state index in [4.69, 9.17) is 9.84 Å². The summed E-state index contributed by atoms with van der Waals surface area (Å²) in [5, 5.41) is 9.05. The fraction of sp³-hybridized carbons (Fsp3) is 0.500. The first-order valence-corrected chi connectivity index (χ1v) is 5.96. The number of ether oxygens (including phenoxy) is 1. The van der Waals surface area contributed by atoms with Gasteiger partial charge >= 0.3 is 12.1 Å². The SMILES string of the molecule is C=C=C(C(=O)O)C1=C(C)CN(C(=O)OC(C)(C)C)C1. The largest absolute Gasteiger partial charge is 0.477 e. The maximum absolute atomic E-state index is 11.9. The zero-order chi connectivity index (χ0) is 14.8. The van der Waals surface area contributed by atoms with Gasteiger partial charge in [-0.15, -0.1) is 5.73 Å². The topological polar surface area (TPSA) is 66.8 Å². The molecule has 0 aliphatic carbocycles. The van der Waals surface area contributed by atoms with Gasteiger partial charge in [0.15, 0.2) is 0 Å². The Labute approximate surface area is 112 Å². The van der Waals surface area contributed by atoms with Crippen molar-refractivity contribution < 1.29 is 19.4 Å². The molecule has 5 nitrogen and oxygen atoms in total. The number of carbonyl (C=O) groups is 2. The van der Waals surface area contributed by atoms with Crippen molar-refractivity contribution in [2.75, 3.05) is 13.1 Å². The Morgan fingerprint density at radius 1 is 1.37 bits per heavy atom. The molecule has 0 fully saturated rings. The Hall–Kier alpha value is -2.00. The third kappa shape index (κ3) is 3.73. The fourth-order valence-corrected chi connectivity index (χ4v) is 1.82. The number of hydrogen-bond donors (Lipinski definition) is 1. The maximum atomic E-state index is 11.9. The number of hydrogen-bond acceptors (Lipinski definition) is 3. The smallest absolute Gasteiger partial charge is 0.410 e. The molecule has 0 atom stereocenters. The summed E-state index contributed by atoms with van der Waals surface area (Å²) in [6.45, 7) is 11.1. The molecular formula is C14H19NO4. The number of aliphatic carboxylic acids is 1. The van der Waals surface area contributed by atoms with E-state index < -0.39 is 17.7 Å². The van der Waals surface area contributed by atoms with Gasteiger partial charge in [-0.2, -0.15) is 0 Å². The van der Waals surface area contributed by atoms with Gasteiger partial charge in [-0.25, -0.2) is 9.59 Å². The molecular weight excluding hydrogens is 246 g/mol. The predicted octanol–water partition coefficient (Wildman–Crippen LogP) is 2.35. The second-order valence-corrected chi connectivity index (χ2v) is 5.45. The Kier molecular flexibility index (Phi) is 4.22. The van der Waals surface area contributed by atoms with Crippen molar-refractivity contribution in [3.63, 3.8) is 0 Å². The summed E-state index contributed by atoms with van der Waals surface area (Å²) >= 11 is 0. The van der Waals surface area contributed by atoms with Gasteiger partial charge in [0.05, 0.1) is 6.54 Å². The average molecular weight is 265 g/mol. The highest BCUT2D eigenvalue weighted by atomic mass is 16.6. The van der Waals surface area contributed by atoms with E-state index in [9.17, 15) is 9.59 Å². The Balaban J connectivity index is 2.84. The summed E-state index contributed by atoms with van der Waals surface area (Å²) < 4.78 is 5.26. The second-order valence-electron chi connectivity index (χ2n) is 5.45. The van der Waals surface area contributed by atoms with Crippen LogP contribution in [0.1, 0.15) is 27.7 Å². The summed E-state index contributed by atoms with van der Waals surface area (Å²) in [6, 6.07) is 0. The highest BCUT2D eigenvalue weighted by Gasteiger charge is 2.30. The van der Waals surface area contributed by atoms with Crippen LogP contribution in [0.5, 0.6) is 0 Å². The molecule has 1 amide bonds. The minimum atomic E-state index is -1.09. The van der Waals surface area contributed by atoms with Crippen molar-refractivity contribution in [1.82, 2.24) is 4.90 Å². The molecule has 19 heavy (non-hydrogen) atoms. The summed E-state index contributed by atoms with van der Waals surface area (Å²) in [5.41, 5.74) is 3.25. The highest BCUT2D eigenvalue weighted by Crippen LogP contribution is 2.25. The van der Waals surface area contributed by atoms with E-state index in [-0.39, 0.29) is 12.1 Å². The number of nitrogens with zero attached hydrogens (tertiary/aromatic N) is 1. The van der Waals surface area contributed by atoms with E-state index >= 15 is 0 Å². The van der Waals surface area contributed by atoms with E-state index in [1.807, 2.05) is 0 Å². The summed E-state index contributed by atoms with van der Waals surface area (Å²) in [6.07, 6.45) is -0.448. The zero-order valence-corrected chi connectivity index (χ0v) is 11.7. The second kappa shape index (κ2) is 5.33. The summed E-state index contributed by atoms with van der Waals surface area (Å²) in [4.78, 5) is 24.4. The van der Waals surface area contributed by atoms with Gasteiger partial charge in [0, 0.05) is 6.54 Å². The zero-order valence-electron chi connectivity index (χ0n) is 11.7. The van der Waals surface area contributed by atoms with Gasteiger partial charge in [-0.1, -0.05) is 6.58 Å². The minimum Gasteiger partial charge on any atom is -0.477 e. The third-order valence-corrected chi connectivity index (χ3v) is 2.64. The molecule has 0 radical (unpaired) electrons. The molecule has 0 aromatic rings. The molecule has 0 saturated carbocycles. The molecule has 0 aromatic carbocycles. The molecule has 0 unspecified atom stereocenters. The number of carbonyl (C=O) groups excluding carboxylic acids is 1. The van der Waals surface area contributed by atoms with Gasteiger partial charge in [0.1, 0.15) is 11.2 Å². The van der Waals surface area contributed by atoms with Crippen LogP contribution >= 0.6 is 0 Å². The maximum Gasteiger partial charge on any atom is 0.410 e. The van der Waals surface area contributed by atoms with Crippen LogP contribution in [0.4, 0.5) is 4.79 Å². The van der Waals surface area contributed by atoms with E-state index in [1.54, 1.807) is 27.7 Å². The van der Waals surface area contributed by atoms with Crippen molar-refractivity contribution in [3.05, 3.63) is 29.0 Å². The van der Waals surface area contributed by atoms with Crippen LogP contribution in [0.3, 0.4) is 0 Å². The van der Waals surface area contributed by atoms with E-state index in [0.29, 0.717) is 12.1 Å². The molecule has 0 aromatic heterocycles. The molecule has 1 aliphatic heterocycles. The molecule has 0 bridgehead atoms. The standard InChI is InChI=1S/C14H19NO4/c1-6-10(12(16)17)11-8-15(7-9(11)2)13(18)19-14(3,4)5/h1,7-8H2,2-5H3,(H,16,17). The first kappa shape index (κ1) is 15.1. The van der Waals surface area contributed by atoms with Crippen molar-refractivity contribution in [1.29, 1.82) is 0 Å². The summed E-state index contributed by atoms with van der Waals surface area (Å²) in [5.74, 6) is -1.09. The van der Waals surface area contributed by atoms with Crippen molar-refractivity contribution in [3.8, 4) is 0 Å². The number of amides is 1. The lowest BCUT2D eigenvalue weighted by molar-refractivity contribution is -0.132. The van der Waals surface area contributed by atoms with Crippen molar-refractivity contribution >= 4 is 12.1 Å². The van der Waals surface area contributed by atoms with Crippen molar-refractivity contribution in [2.24, 2.45) is 0 Å². The number of carboxylic acids is 1. The lowest BCUT2D eigenvalue weighted by Gasteiger charge is -2.24. The Morgan fingerprint density at radius 2 is 1.95 bits per heavy atom. The van der Waals surface area contributed by atoms with Crippen LogP contribution in [0.25, 0.3) is 0 Å². The van der Waals surface area contributed by atoms with Crippen LogP contribution in [0.2, 0.25) is 0 Å². The lowest BCUT2D eigenvalue weighted by Crippen LogP contribution is -2.36. The Bertz CT molecular complexity index is 490. The minimum absolute atomic E-state index is 0.0172. The van der Waals surface area contributed by atoms with Crippen LogP contribution in [-0.4, -0.2) is 40.8 Å². The first-order valence-electron chi connectivity index (χ1n) is 5.96. The Morgan fingerprint density at radius 3 is 2.37 bits per heavy atom. The molecule has 1 heterocycles. The molecule has 5 heteroatoms. The lowest BCUT2D eigenvalue weighted by atomic mass is 10.0. The predicted molar refractivity (Wildman–Crippen MR) is 70.8 cm³/mol. The fourth-order valence-electron chi connectivity index (χ4n) is 1.82. The number of carboxylic acid groups (broad SMARTS) is 1. The third-order valence-electron chi connectivity index (χ3n) is 2.64. The van der Waals surface area contributed by atoms with Gasteiger partial charge in [-0.3, -0.25) is 4.90 Å². The van der Waals surface area contributed by atoms with Crippen molar-refractivity contribution in [2.45, 2.75) is 33.3 Å². The van der Waals surface area contributed by atoms with Crippen LogP contribution in [-0.2, 0) is 9.53 Å². The van der Waals surface area contributed by atoms with Crippen LogP contribution in [0.15, 0.2) is 29.0 Å². The summed E-state index contributed by atoms with van der Waals surface area (Å²) in [7, 11) is 0. The van der Waals surface area contributed by atoms with Gasteiger partial charge in [0.2, 0.25) is 0 Å². The first-order chi connectivity index (χ1) is 8.65. The van der Waals surface area contributed by atoms with Gasteiger partial charge in [-0.05, 0) is 38.8 Å². The van der Waals surface area contributed by atoms with Gasteiger partial charge in [0.25, 0.3) is 0 Å². The van der Waals surface area contributed by atoms with E-state index in [1.165, 1.54) is 4.90 Å². The monoisotopic (exact) mass is 265 g/mol. The molecule has 1 N–H and O–H groups in total. The average Bonchev–Trinajstić information content (AvgIpc) is 2.59. The van der Waals surface area contributed by atoms with Crippen LogP contribution in [0, 0.1) is 0 Å². The molecule has 0 spiro atoms. The molecule has 1 aliphatic rings. The number of rotatable bonds is 2. The van der Waals surface area contributed by atoms with E-state index in [2.05, 4.69) is 12.3 Å². The quantitative estimate of drug-likeness (QED) is 0.614. The van der Waals surface area contributed by atoms with Gasteiger partial charge < -0.3 is 9.84 Å². The van der Waals surface area contributed by atoms with E-state index in [0.717, 1.165) is 5.57 Å². The molecule has 1 rings (SSSR count). The molecule has 0 saturated heterocycles.